The number of ketones is 1. The lowest BCUT2D eigenvalue weighted by Crippen LogP contribution is -2.36. The first kappa shape index (κ1) is 13.3. The van der Waals surface area contributed by atoms with Crippen LogP contribution in [0.5, 0.6) is 0 Å². The molecule has 2 rings (SSSR count). The van der Waals surface area contributed by atoms with Gasteiger partial charge in [-0.05, 0) is 24.8 Å². The fourth-order valence-electron chi connectivity index (χ4n) is 2.10. The third-order valence-corrected chi connectivity index (χ3v) is 3.76. The van der Waals surface area contributed by atoms with Crippen molar-refractivity contribution in [3.8, 4) is 0 Å². The van der Waals surface area contributed by atoms with Gasteiger partial charge in [-0.3, -0.25) is 9.59 Å². The summed E-state index contributed by atoms with van der Waals surface area (Å²) in [6.07, 6.45) is -2.02. The zero-order chi connectivity index (χ0) is 13.5. The largest absolute Gasteiger partial charge is 0.471 e. The Bertz CT molecular complexity index is 479. The highest BCUT2D eigenvalue weighted by Crippen LogP contribution is 2.39. The summed E-state index contributed by atoms with van der Waals surface area (Å²) in [4.78, 5) is 22.3. The summed E-state index contributed by atoms with van der Waals surface area (Å²) in [5.74, 6) is -2.03. The van der Waals surface area contributed by atoms with E-state index in [0.717, 1.165) is 0 Å². The molecular formula is C11H9BrF3NO2. The van der Waals surface area contributed by atoms with Crippen molar-refractivity contribution in [1.29, 1.82) is 0 Å². The Kier molecular flexibility index (Phi) is 3.35. The molecule has 2 aliphatic carbocycles. The number of nitrogens with one attached hydrogen (secondary N) is 1. The van der Waals surface area contributed by atoms with Crippen molar-refractivity contribution in [3.63, 3.8) is 0 Å². The van der Waals surface area contributed by atoms with Gasteiger partial charge in [-0.1, -0.05) is 15.9 Å². The fraction of sp³-hybridized carbons (Fsp3) is 0.455. The highest BCUT2D eigenvalue weighted by molar-refractivity contribution is 9.11. The molecule has 2 aliphatic rings. The van der Waals surface area contributed by atoms with E-state index in [1.54, 1.807) is 5.32 Å². The van der Waals surface area contributed by atoms with Crippen LogP contribution in [0.2, 0.25) is 0 Å². The highest BCUT2D eigenvalue weighted by atomic mass is 79.9. The van der Waals surface area contributed by atoms with Crippen LogP contribution in [0.1, 0.15) is 19.3 Å². The number of hydrogen-bond acceptors (Lipinski definition) is 2. The molecule has 1 saturated carbocycles. The molecule has 0 saturated heterocycles. The second-order valence-electron chi connectivity index (χ2n) is 4.23. The van der Waals surface area contributed by atoms with Gasteiger partial charge in [0.15, 0.2) is 5.78 Å². The van der Waals surface area contributed by atoms with Gasteiger partial charge in [-0.25, -0.2) is 0 Å². The Hall–Kier alpha value is -1.11. The number of halogens is 4. The number of Topliss-reactive ketones (excluding diaryl/α,β-unsaturated/α-hetero) is 1. The topological polar surface area (TPSA) is 46.2 Å². The van der Waals surface area contributed by atoms with Gasteiger partial charge < -0.3 is 5.32 Å². The second-order valence-corrected chi connectivity index (χ2v) is 5.19. The van der Waals surface area contributed by atoms with Crippen LogP contribution in [0, 0.1) is 5.92 Å². The first-order valence-corrected chi connectivity index (χ1v) is 6.10. The van der Waals surface area contributed by atoms with Crippen molar-refractivity contribution in [1.82, 2.24) is 5.32 Å². The van der Waals surface area contributed by atoms with Gasteiger partial charge in [-0.2, -0.15) is 13.2 Å². The van der Waals surface area contributed by atoms with Crippen LogP contribution in [0.15, 0.2) is 21.8 Å². The zero-order valence-electron chi connectivity index (χ0n) is 9.10. The second kappa shape index (κ2) is 4.53. The molecule has 1 N–H and O–H groups in total. The van der Waals surface area contributed by atoms with Gasteiger partial charge in [0.05, 0.1) is 5.70 Å². The predicted octanol–water partition coefficient (Wildman–Crippen LogP) is 2.58. The Morgan fingerprint density at radius 1 is 1.44 bits per heavy atom. The van der Waals surface area contributed by atoms with Crippen LogP contribution in [0.25, 0.3) is 0 Å². The molecule has 0 radical (unpaired) electrons. The number of amides is 1. The van der Waals surface area contributed by atoms with Crippen LogP contribution in [0.4, 0.5) is 13.2 Å². The number of rotatable bonds is 1. The third-order valence-electron chi connectivity index (χ3n) is 3.01. The van der Waals surface area contributed by atoms with E-state index < -0.39 is 12.1 Å². The molecule has 7 heteroatoms. The van der Waals surface area contributed by atoms with Gasteiger partial charge in [0.2, 0.25) is 0 Å². The van der Waals surface area contributed by atoms with Crippen molar-refractivity contribution in [2.75, 3.05) is 0 Å². The van der Waals surface area contributed by atoms with Crippen molar-refractivity contribution in [2.24, 2.45) is 5.92 Å². The van der Waals surface area contributed by atoms with Crippen molar-refractivity contribution in [2.45, 2.75) is 25.4 Å². The van der Waals surface area contributed by atoms with Gasteiger partial charge >= 0.3 is 12.1 Å². The normalized spacial score (nSPS) is 23.9. The molecule has 0 bridgehead atoms. The van der Waals surface area contributed by atoms with Crippen LogP contribution >= 0.6 is 15.9 Å². The van der Waals surface area contributed by atoms with E-state index in [0.29, 0.717) is 29.3 Å². The lowest BCUT2D eigenvalue weighted by Gasteiger charge is -2.20. The lowest BCUT2D eigenvalue weighted by atomic mass is 9.93. The molecule has 18 heavy (non-hydrogen) atoms. The Balaban J connectivity index is 2.21. The van der Waals surface area contributed by atoms with Crippen molar-refractivity contribution < 1.29 is 22.8 Å². The number of carbonyl (C=O) groups is 2. The monoisotopic (exact) mass is 323 g/mol. The van der Waals surface area contributed by atoms with E-state index in [1.807, 2.05) is 0 Å². The predicted molar refractivity (Wildman–Crippen MR) is 60.6 cm³/mol. The molecule has 3 nitrogen and oxygen atoms in total. The zero-order valence-corrected chi connectivity index (χ0v) is 10.7. The quantitative estimate of drug-likeness (QED) is 0.806. The molecule has 0 aliphatic heterocycles. The SMILES string of the molecule is O=C1CCC2CC(Br)=C(NC(=O)C(F)(F)F)C=C12. The summed E-state index contributed by atoms with van der Waals surface area (Å²) in [5.41, 5.74) is 0.537. The Morgan fingerprint density at radius 2 is 2.11 bits per heavy atom. The molecule has 1 unspecified atom stereocenters. The van der Waals surface area contributed by atoms with Gasteiger partial charge in [0, 0.05) is 16.5 Å². The molecule has 0 heterocycles. The highest BCUT2D eigenvalue weighted by Gasteiger charge is 2.40. The molecular weight excluding hydrogens is 315 g/mol. The summed E-state index contributed by atoms with van der Waals surface area (Å²) in [6, 6.07) is 0. The summed E-state index contributed by atoms with van der Waals surface area (Å²) >= 11 is 3.15. The Morgan fingerprint density at radius 3 is 2.72 bits per heavy atom. The van der Waals surface area contributed by atoms with E-state index >= 15 is 0 Å². The first-order chi connectivity index (χ1) is 8.29. The summed E-state index contributed by atoms with van der Waals surface area (Å²) < 4.78 is 36.9. The lowest BCUT2D eigenvalue weighted by molar-refractivity contribution is -0.172. The minimum atomic E-state index is -4.94. The number of fused-ring (bicyclic) bond motifs is 1. The maximum atomic E-state index is 12.1. The number of alkyl halides is 3. The summed E-state index contributed by atoms with van der Waals surface area (Å²) in [7, 11) is 0. The summed E-state index contributed by atoms with van der Waals surface area (Å²) in [6.45, 7) is 0. The van der Waals surface area contributed by atoms with Crippen LogP contribution in [-0.4, -0.2) is 17.9 Å². The molecule has 0 aromatic carbocycles. The maximum Gasteiger partial charge on any atom is 0.471 e. The average molecular weight is 324 g/mol. The average Bonchev–Trinajstić information content (AvgIpc) is 2.59. The molecule has 1 atom stereocenters. The van der Waals surface area contributed by atoms with Crippen molar-refractivity contribution >= 4 is 27.6 Å². The molecule has 1 amide bonds. The molecule has 0 aromatic heterocycles. The van der Waals surface area contributed by atoms with E-state index in [1.165, 1.54) is 6.08 Å². The molecule has 0 spiro atoms. The molecule has 1 fully saturated rings. The van der Waals surface area contributed by atoms with E-state index in [4.69, 9.17) is 0 Å². The third kappa shape index (κ3) is 2.50. The minimum Gasteiger partial charge on any atom is -0.317 e. The van der Waals surface area contributed by atoms with E-state index in [2.05, 4.69) is 15.9 Å². The van der Waals surface area contributed by atoms with Crippen molar-refractivity contribution in [3.05, 3.63) is 21.8 Å². The van der Waals surface area contributed by atoms with Crippen LogP contribution in [-0.2, 0) is 9.59 Å². The van der Waals surface area contributed by atoms with Gasteiger partial charge in [0.1, 0.15) is 0 Å². The van der Waals surface area contributed by atoms with E-state index in [9.17, 15) is 22.8 Å². The van der Waals surface area contributed by atoms with Crippen LogP contribution in [0.3, 0.4) is 0 Å². The minimum absolute atomic E-state index is 0.0267. The molecule has 0 aromatic rings. The van der Waals surface area contributed by atoms with E-state index in [-0.39, 0.29) is 17.4 Å². The maximum absolute atomic E-state index is 12.1. The fourth-order valence-corrected chi connectivity index (χ4v) is 2.70. The number of hydrogen-bond donors (Lipinski definition) is 1. The Labute approximate surface area is 109 Å². The first-order valence-electron chi connectivity index (χ1n) is 5.30. The van der Waals surface area contributed by atoms with Gasteiger partial charge in [-0.15, -0.1) is 0 Å². The summed E-state index contributed by atoms with van der Waals surface area (Å²) in [5, 5.41) is 1.78. The van der Waals surface area contributed by atoms with Gasteiger partial charge in [0.25, 0.3) is 0 Å². The smallest absolute Gasteiger partial charge is 0.317 e. The van der Waals surface area contributed by atoms with Crippen LogP contribution < -0.4 is 5.32 Å². The molecule has 98 valence electrons. The standard InChI is InChI=1S/C11H9BrF3NO2/c12-7-3-5-1-2-9(17)6(5)4-8(7)16-10(18)11(13,14)15/h4-5H,1-3H2,(H,16,18). The number of carbonyl (C=O) groups excluding carboxylic acids is 2. The number of allylic oxidation sites excluding steroid dienone is 3.